The molecule has 158 valence electrons. The van der Waals surface area contributed by atoms with E-state index in [9.17, 15) is 22.4 Å². The first kappa shape index (κ1) is 21.6. The van der Waals surface area contributed by atoms with Crippen LogP contribution in [0.25, 0.3) is 17.4 Å². The van der Waals surface area contributed by atoms with Crippen LogP contribution >= 0.6 is 35.6 Å². The van der Waals surface area contributed by atoms with Crippen LogP contribution in [0, 0.1) is 5.82 Å². The van der Waals surface area contributed by atoms with Crippen LogP contribution in [0.2, 0.25) is 5.02 Å². The highest BCUT2D eigenvalue weighted by Gasteiger charge is 2.40. The summed E-state index contributed by atoms with van der Waals surface area (Å²) >= 11 is 11.8. The Morgan fingerprint density at radius 1 is 1.10 bits per heavy atom. The van der Waals surface area contributed by atoms with E-state index in [0.717, 1.165) is 22.7 Å². The van der Waals surface area contributed by atoms with Gasteiger partial charge >= 0.3 is 6.18 Å². The van der Waals surface area contributed by atoms with E-state index >= 15 is 0 Å². The SMILES string of the molecule is O=C1/C(=C\c2ccc(-c3ccc(F)c(Cl)c3)o2)SC(=S)N1c1ccccc1C(F)(F)F. The lowest BCUT2D eigenvalue weighted by atomic mass is 10.1. The lowest BCUT2D eigenvalue weighted by Crippen LogP contribution is -2.29. The van der Waals surface area contributed by atoms with Crippen molar-refractivity contribution in [3.05, 3.63) is 81.7 Å². The van der Waals surface area contributed by atoms with E-state index < -0.39 is 23.5 Å². The molecule has 1 aliphatic heterocycles. The van der Waals surface area contributed by atoms with Gasteiger partial charge in [0, 0.05) is 11.6 Å². The second-order valence-corrected chi connectivity index (χ2v) is 8.45. The number of amides is 1. The zero-order chi connectivity index (χ0) is 22.3. The van der Waals surface area contributed by atoms with Crippen molar-refractivity contribution in [1.82, 2.24) is 0 Å². The summed E-state index contributed by atoms with van der Waals surface area (Å²) in [6.45, 7) is 0. The predicted molar refractivity (Wildman–Crippen MR) is 116 cm³/mol. The van der Waals surface area contributed by atoms with Gasteiger partial charge in [-0.05, 0) is 42.5 Å². The smallest absolute Gasteiger partial charge is 0.418 e. The summed E-state index contributed by atoms with van der Waals surface area (Å²) in [7, 11) is 0. The van der Waals surface area contributed by atoms with Gasteiger partial charge in [-0.2, -0.15) is 13.2 Å². The van der Waals surface area contributed by atoms with Gasteiger partial charge in [0.2, 0.25) is 0 Å². The molecule has 0 saturated carbocycles. The molecule has 3 nitrogen and oxygen atoms in total. The number of carbonyl (C=O) groups excluding carboxylic acids is 1. The number of halogens is 5. The van der Waals surface area contributed by atoms with Gasteiger partial charge in [0.1, 0.15) is 17.3 Å². The molecule has 10 heteroatoms. The molecule has 0 N–H and O–H groups in total. The molecule has 0 aliphatic carbocycles. The Hall–Kier alpha value is -2.62. The Bertz CT molecular complexity index is 1240. The van der Waals surface area contributed by atoms with E-state index in [2.05, 4.69) is 0 Å². The van der Waals surface area contributed by atoms with E-state index in [1.807, 2.05) is 0 Å². The van der Waals surface area contributed by atoms with Crippen molar-refractivity contribution < 1.29 is 26.8 Å². The highest BCUT2D eigenvalue weighted by molar-refractivity contribution is 8.27. The standard InChI is InChI=1S/C21H10ClF4NO2S2/c22-14-9-11(5-7-15(14)23)17-8-6-12(29-17)10-18-19(28)27(20(30)31-18)16-4-2-1-3-13(16)21(24,25)26/h1-10H/b18-10+. The number of alkyl halides is 3. The topological polar surface area (TPSA) is 33.5 Å². The number of anilines is 1. The predicted octanol–water partition coefficient (Wildman–Crippen LogP) is 7.16. The first-order valence-corrected chi connectivity index (χ1v) is 10.2. The zero-order valence-electron chi connectivity index (χ0n) is 15.2. The number of rotatable bonds is 3. The lowest BCUT2D eigenvalue weighted by Gasteiger charge is -2.19. The number of hydrogen-bond donors (Lipinski definition) is 0. The molecular weight excluding hydrogens is 474 g/mol. The van der Waals surface area contributed by atoms with Crippen molar-refractivity contribution in [2.45, 2.75) is 6.18 Å². The Balaban J connectivity index is 1.65. The summed E-state index contributed by atoms with van der Waals surface area (Å²) in [6.07, 6.45) is -3.25. The van der Waals surface area contributed by atoms with Crippen LogP contribution in [0.1, 0.15) is 11.3 Å². The number of carbonyl (C=O) groups is 1. The molecule has 0 radical (unpaired) electrons. The number of thiocarbonyl (C=S) groups is 1. The third-order valence-corrected chi connectivity index (χ3v) is 5.94. The number of nitrogens with zero attached hydrogens (tertiary/aromatic N) is 1. The molecule has 1 fully saturated rings. The number of hydrogen-bond acceptors (Lipinski definition) is 4. The van der Waals surface area contributed by atoms with E-state index in [4.69, 9.17) is 28.2 Å². The minimum Gasteiger partial charge on any atom is -0.457 e. The molecule has 0 bridgehead atoms. The van der Waals surface area contributed by atoms with Gasteiger partial charge in [-0.25, -0.2) is 4.39 Å². The monoisotopic (exact) mass is 483 g/mol. The van der Waals surface area contributed by atoms with E-state index in [-0.39, 0.29) is 25.7 Å². The second-order valence-electron chi connectivity index (χ2n) is 6.36. The first-order valence-electron chi connectivity index (χ1n) is 8.64. The third kappa shape index (κ3) is 4.26. The third-order valence-electron chi connectivity index (χ3n) is 4.35. The summed E-state index contributed by atoms with van der Waals surface area (Å²) < 4.78 is 59.1. The highest BCUT2D eigenvalue weighted by atomic mass is 35.5. The van der Waals surface area contributed by atoms with Gasteiger partial charge < -0.3 is 4.42 Å². The lowest BCUT2D eigenvalue weighted by molar-refractivity contribution is -0.137. The molecule has 2 aromatic carbocycles. The van der Waals surface area contributed by atoms with Gasteiger partial charge in [-0.3, -0.25) is 9.69 Å². The van der Waals surface area contributed by atoms with E-state index in [0.29, 0.717) is 11.3 Å². The Morgan fingerprint density at radius 3 is 2.55 bits per heavy atom. The van der Waals surface area contributed by atoms with Crippen LogP contribution in [0.15, 0.2) is 63.9 Å². The average molecular weight is 484 g/mol. The molecule has 2 heterocycles. The molecule has 0 unspecified atom stereocenters. The summed E-state index contributed by atoms with van der Waals surface area (Å²) in [5.41, 5.74) is -0.763. The van der Waals surface area contributed by atoms with Gasteiger partial charge in [0.15, 0.2) is 4.32 Å². The van der Waals surface area contributed by atoms with E-state index in [1.54, 1.807) is 12.1 Å². The molecule has 0 spiro atoms. The van der Waals surface area contributed by atoms with Crippen molar-refractivity contribution in [3.8, 4) is 11.3 Å². The number of para-hydroxylation sites is 1. The van der Waals surface area contributed by atoms with Crippen LogP contribution in [0.3, 0.4) is 0 Å². The zero-order valence-corrected chi connectivity index (χ0v) is 17.6. The fourth-order valence-electron chi connectivity index (χ4n) is 2.95. The quantitative estimate of drug-likeness (QED) is 0.225. The summed E-state index contributed by atoms with van der Waals surface area (Å²) in [4.78, 5) is 13.8. The molecule has 3 aromatic rings. The fourth-order valence-corrected chi connectivity index (χ4v) is 4.39. The summed E-state index contributed by atoms with van der Waals surface area (Å²) in [6, 6.07) is 12.0. The van der Waals surface area contributed by atoms with Crippen molar-refractivity contribution in [3.63, 3.8) is 0 Å². The van der Waals surface area contributed by atoms with Crippen molar-refractivity contribution in [2.24, 2.45) is 0 Å². The van der Waals surface area contributed by atoms with Crippen molar-refractivity contribution in [2.75, 3.05) is 4.90 Å². The maximum Gasteiger partial charge on any atom is 0.418 e. The molecule has 1 saturated heterocycles. The minimum atomic E-state index is -4.64. The van der Waals surface area contributed by atoms with Gasteiger partial charge in [0.05, 0.1) is 21.2 Å². The summed E-state index contributed by atoms with van der Waals surface area (Å²) in [5, 5.41) is -0.0698. The van der Waals surface area contributed by atoms with Crippen molar-refractivity contribution in [1.29, 1.82) is 0 Å². The average Bonchev–Trinajstić information content (AvgIpc) is 3.28. The highest BCUT2D eigenvalue weighted by Crippen LogP contribution is 2.42. The van der Waals surface area contributed by atoms with Crippen molar-refractivity contribution >= 4 is 57.6 Å². The molecule has 1 amide bonds. The number of benzene rings is 2. The maximum absolute atomic E-state index is 13.4. The van der Waals surface area contributed by atoms with Crippen LogP contribution in [0.5, 0.6) is 0 Å². The molecule has 31 heavy (non-hydrogen) atoms. The minimum absolute atomic E-state index is 0.0231. The Morgan fingerprint density at radius 2 is 1.84 bits per heavy atom. The molecular formula is C21H10ClF4NO2S2. The molecule has 1 aliphatic rings. The Kier molecular flexibility index (Phi) is 5.67. The van der Waals surface area contributed by atoms with Crippen LogP contribution in [-0.2, 0) is 11.0 Å². The van der Waals surface area contributed by atoms with Gasteiger partial charge in [0.25, 0.3) is 5.91 Å². The largest absolute Gasteiger partial charge is 0.457 e. The number of thioether (sulfide) groups is 1. The van der Waals surface area contributed by atoms with Crippen LogP contribution in [-0.4, -0.2) is 10.2 Å². The maximum atomic E-state index is 13.4. The number of furan rings is 1. The normalized spacial score (nSPS) is 15.9. The molecule has 1 aromatic heterocycles. The molecule has 0 atom stereocenters. The van der Waals surface area contributed by atoms with Gasteiger partial charge in [-0.1, -0.05) is 47.7 Å². The van der Waals surface area contributed by atoms with Crippen LogP contribution in [0.4, 0.5) is 23.2 Å². The van der Waals surface area contributed by atoms with Crippen LogP contribution < -0.4 is 4.90 Å². The second kappa shape index (κ2) is 8.14. The van der Waals surface area contributed by atoms with Gasteiger partial charge in [-0.15, -0.1) is 0 Å². The summed E-state index contributed by atoms with van der Waals surface area (Å²) in [5.74, 6) is -0.597. The van der Waals surface area contributed by atoms with E-state index in [1.165, 1.54) is 42.5 Å². The molecule has 4 rings (SSSR count). The fraction of sp³-hybridized carbons (Fsp3) is 0.0476. The Labute approximate surface area is 188 Å². The first-order chi connectivity index (χ1) is 14.6.